The van der Waals surface area contributed by atoms with E-state index in [1.54, 1.807) is 6.92 Å². The molecule has 0 aliphatic heterocycles. The van der Waals surface area contributed by atoms with Gasteiger partial charge in [0.2, 0.25) is 5.91 Å². The van der Waals surface area contributed by atoms with Crippen molar-refractivity contribution in [3.63, 3.8) is 0 Å². The van der Waals surface area contributed by atoms with Gasteiger partial charge >= 0.3 is 6.18 Å². The summed E-state index contributed by atoms with van der Waals surface area (Å²) in [6, 6.07) is 9.98. The maximum atomic E-state index is 13.2. The predicted molar refractivity (Wildman–Crippen MR) is 122 cm³/mol. The third kappa shape index (κ3) is 4.89. The van der Waals surface area contributed by atoms with Crippen LogP contribution in [0.2, 0.25) is 0 Å². The Labute approximate surface area is 194 Å². The van der Waals surface area contributed by atoms with Gasteiger partial charge in [-0.1, -0.05) is 18.2 Å². The Morgan fingerprint density at radius 1 is 1.12 bits per heavy atom. The number of nitrogens with zero attached hydrogens (tertiary/aromatic N) is 2. The molecule has 1 aromatic heterocycles. The Hall–Kier alpha value is -3.46. The highest BCUT2D eigenvalue weighted by molar-refractivity contribution is 5.91. The van der Waals surface area contributed by atoms with Crippen LogP contribution in [0.1, 0.15) is 34.4 Å². The molecule has 9 heteroatoms. The number of alkyl halides is 3. The van der Waals surface area contributed by atoms with Gasteiger partial charge in [-0.05, 0) is 61.6 Å². The molecule has 178 valence electrons. The van der Waals surface area contributed by atoms with Crippen molar-refractivity contribution in [2.24, 2.45) is 0 Å². The van der Waals surface area contributed by atoms with E-state index in [0.717, 1.165) is 36.0 Å². The van der Waals surface area contributed by atoms with E-state index in [4.69, 9.17) is 0 Å². The van der Waals surface area contributed by atoms with E-state index in [1.165, 1.54) is 23.3 Å². The minimum absolute atomic E-state index is 0.0530. The first kappa shape index (κ1) is 23.7. The maximum Gasteiger partial charge on any atom is 0.416 e. The van der Waals surface area contributed by atoms with Crippen LogP contribution in [-0.2, 0) is 36.8 Å². The standard InChI is InChI=1S/C25H24F3N3O3/c1-15-21(11-12-32)24(34)31(23(29-15)17-5-8-19(9-6-17)25(26,27)28)14-22(33)30-20-10-7-16-3-2-4-18(16)13-20/h5-10,13,32H,2-4,11-12,14H2,1H3,(H,30,33). The van der Waals surface area contributed by atoms with E-state index in [2.05, 4.69) is 10.3 Å². The normalized spacial score (nSPS) is 13.1. The lowest BCUT2D eigenvalue weighted by Crippen LogP contribution is -2.33. The van der Waals surface area contributed by atoms with Crippen LogP contribution in [-0.4, -0.2) is 27.2 Å². The lowest BCUT2D eigenvalue weighted by atomic mass is 10.1. The number of anilines is 1. The van der Waals surface area contributed by atoms with Crippen LogP contribution in [0.15, 0.2) is 47.3 Å². The lowest BCUT2D eigenvalue weighted by Gasteiger charge is -2.16. The summed E-state index contributed by atoms with van der Waals surface area (Å²) in [6.07, 6.45) is -1.41. The summed E-state index contributed by atoms with van der Waals surface area (Å²) in [5.41, 5.74) is 2.60. The van der Waals surface area contributed by atoms with Gasteiger partial charge in [0, 0.05) is 35.5 Å². The van der Waals surface area contributed by atoms with Gasteiger partial charge in [0.05, 0.1) is 5.56 Å². The predicted octanol–water partition coefficient (Wildman–Crippen LogP) is 3.90. The van der Waals surface area contributed by atoms with Crippen molar-refractivity contribution in [1.29, 1.82) is 0 Å². The molecule has 0 fully saturated rings. The van der Waals surface area contributed by atoms with Gasteiger partial charge in [0.15, 0.2) is 0 Å². The van der Waals surface area contributed by atoms with E-state index in [9.17, 15) is 27.9 Å². The molecule has 34 heavy (non-hydrogen) atoms. The van der Waals surface area contributed by atoms with Gasteiger partial charge in [-0.15, -0.1) is 0 Å². The number of aliphatic hydroxyl groups is 1. The minimum Gasteiger partial charge on any atom is -0.396 e. The number of rotatable bonds is 6. The van der Waals surface area contributed by atoms with Crippen LogP contribution < -0.4 is 10.9 Å². The van der Waals surface area contributed by atoms with Crippen LogP contribution in [0, 0.1) is 6.92 Å². The number of aryl methyl sites for hydroxylation is 3. The molecular formula is C25H24F3N3O3. The van der Waals surface area contributed by atoms with Crippen molar-refractivity contribution < 1.29 is 23.1 Å². The van der Waals surface area contributed by atoms with Gasteiger partial charge in [-0.3, -0.25) is 14.2 Å². The molecule has 1 aliphatic rings. The molecule has 0 spiro atoms. The summed E-state index contributed by atoms with van der Waals surface area (Å²) in [7, 11) is 0. The molecule has 1 aliphatic carbocycles. The maximum absolute atomic E-state index is 13.2. The molecular weight excluding hydrogens is 447 g/mol. The van der Waals surface area contributed by atoms with Crippen molar-refractivity contribution in [3.05, 3.63) is 80.8 Å². The second-order valence-electron chi connectivity index (χ2n) is 8.32. The number of aliphatic hydroxyl groups excluding tert-OH is 1. The van der Waals surface area contributed by atoms with Crippen molar-refractivity contribution in [1.82, 2.24) is 9.55 Å². The van der Waals surface area contributed by atoms with Gasteiger partial charge in [-0.25, -0.2) is 4.98 Å². The molecule has 0 saturated heterocycles. The minimum atomic E-state index is -4.50. The average molecular weight is 471 g/mol. The summed E-state index contributed by atoms with van der Waals surface area (Å²) in [5, 5.41) is 12.1. The number of aromatic nitrogens is 2. The zero-order chi connectivity index (χ0) is 24.5. The van der Waals surface area contributed by atoms with Crippen LogP contribution in [0.3, 0.4) is 0 Å². The summed E-state index contributed by atoms with van der Waals surface area (Å²) in [6.45, 7) is 0.936. The van der Waals surface area contributed by atoms with E-state index in [-0.39, 0.29) is 36.5 Å². The number of fused-ring (bicyclic) bond motifs is 1. The Balaban J connectivity index is 1.69. The molecule has 0 atom stereocenters. The molecule has 0 bridgehead atoms. The fourth-order valence-electron chi connectivity index (χ4n) is 4.27. The number of carbonyl (C=O) groups excluding carboxylic acids is 1. The molecule has 0 radical (unpaired) electrons. The zero-order valence-corrected chi connectivity index (χ0v) is 18.6. The van der Waals surface area contributed by atoms with Gasteiger partial charge in [-0.2, -0.15) is 13.2 Å². The Morgan fingerprint density at radius 2 is 1.82 bits per heavy atom. The van der Waals surface area contributed by atoms with Gasteiger partial charge in [0.25, 0.3) is 5.56 Å². The number of hydrogen-bond donors (Lipinski definition) is 2. The average Bonchev–Trinajstić information content (AvgIpc) is 3.26. The summed E-state index contributed by atoms with van der Waals surface area (Å²) in [4.78, 5) is 30.5. The van der Waals surface area contributed by atoms with E-state index < -0.39 is 23.2 Å². The molecule has 0 saturated carbocycles. The quantitative estimate of drug-likeness (QED) is 0.571. The summed E-state index contributed by atoms with van der Waals surface area (Å²) >= 11 is 0. The summed E-state index contributed by atoms with van der Waals surface area (Å²) < 4.78 is 40.1. The van der Waals surface area contributed by atoms with E-state index in [0.29, 0.717) is 11.4 Å². The second kappa shape index (κ2) is 9.42. The molecule has 3 aromatic rings. The first-order chi connectivity index (χ1) is 16.2. The molecule has 6 nitrogen and oxygen atoms in total. The molecule has 1 amide bonds. The Morgan fingerprint density at radius 3 is 2.50 bits per heavy atom. The molecule has 2 aromatic carbocycles. The Kier molecular flexibility index (Phi) is 6.56. The zero-order valence-electron chi connectivity index (χ0n) is 18.6. The highest BCUT2D eigenvalue weighted by Crippen LogP contribution is 2.31. The highest BCUT2D eigenvalue weighted by Gasteiger charge is 2.30. The largest absolute Gasteiger partial charge is 0.416 e. The van der Waals surface area contributed by atoms with Crippen LogP contribution in [0.4, 0.5) is 18.9 Å². The third-order valence-corrected chi connectivity index (χ3v) is 5.99. The first-order valence-corrected chi connectivity index (χ1v) is 11.0. The number of amides is 1. The van der Waals surface area contributed by atoms with E-state index >= 15 is 0 Å². The molecule has 0 unspecified atom stereocenters. The Bertz CT molecular complexity index is 1280. The number of hydrogen-bond acceptors (Lipinski definition) is 4. The topological polar surface area (TPSA) is 84.2 Å². The number of halogens is 3. The SMILES string of the molecule is Cc1nc(-c2ccc(C(F)(F)F)cc2)n(CC(=O)Nc2ccc3c(c2)CCC3)c(=O)c1CCO. The molecule has 1 heterocycles. The fourth-order valence-corrected chi connectivity index (χ4v) is 4.27. The lowest BCUT2D eigenvalue weighted by molar-refractivity contribution is -0.137. The van der Waals surface area contributed by atoms with Crippen LogP contribution >= 0.6 is 0 Å². The fraction of sp³-hybridized carbons (Fsp3) is 0.320. The number of nitrogens with one attached hydrogen (secondary N) is 1. The van der Waals surface area contributed by atoms with Crippen LogP contribution in [0.25, 0.3) is 11.4 Å². The van der Waals surface area contributed by atoms with Crippen molar-refractivity contribution >= 4 is 11.6 Å². The van der Waals surface area contributed by atoms with Gasteiger partial charge < -0.3 is 10.4 Å². The number of carbonyl (C=O) groups is 1. The first-order valence-electron chi connectivity index (χ1n) is 11.0. The summed E-state index contributed by atoms with van der Waals surface area (Å²) in [5.74, 6) is -0.379. The second-order valence-corrected chi connectivity index (χ2v) is 8.32. The monoisotopic (exact) mass is 471 g/mol. The third-order valence-electron chi connectivity index (χ3n) is 5.99. The molecule has 2 N–H and O–H groups in total. The smallest absolute Gasteiger partial charge is 0.396 e. The molecule has 4 rings (SSSR count). The van der Waals surface area contributed by atoms with Crippen molar-refractivity contribution in [3.8, 4) is 11.4 Å². The van der Waals surface area contributed by atoms with Crippen molar-refractivity contribution in [2.75, 3.05) is 11.9 Å². The number of benzene rings is 2. The van der Waals surface area contributed by atoms with Crippen LogP contribution in [0.5, 0.6) is 0 Å². The van der Waals surface area contributed by atoms with E-state index in [1.807, 2.05) is 18.2 Å². The van der Waals surface area contributed by atoms with Crippen molar-refractivity contribution in [2.45, 2.75) is 45.3 Å². The van der Waals surface area contributed by atoms with Gasteiger partial charge in [0.1, 0.15) is 12.4 Å². The highest BCUT2D eigenvalue weighted by atomic mass is 19.4.